The van der Waals surface area contributed by atoms with E-state index in [0.717, 1.165) is 19.1 Å². The van der Waals surface area contributed by atoms with Crippen LogP contribution in [0.2, 0.25) is 0 Å². The van der Waals surface area contributed by atoms with Gasteiger partial charge in [-0.3, -0.25) is 4.79 Å². The Morgan fingerprint density at radius 2 is 1.73 bits per heavy atom. The number of carbonyl (C=O) groups is 1. The predicted octanol–water partition coefficient (Wildman–Crippen LogP) is 3.94. The molecule has 1 heterocycles. The normalized spacial score (nSPS) is 16.7. The minimum Gasteiger partial charge on any atom is -0.293 e. The van der Waals surface area contributed by atoms with Gasteiger partial charge >= 0.3 is 10.2 Å². The van der Waals surface area contributed by atoms with Crippen molar-refractivity contribution in [3.63, 3.8) is 0 Å². The zero-order chi connectivity index (χ0) is 12.0. The molecule has 0 atom stereocenters. The molecule has 0 amide bonds. The third-order valence-electron chi connectivity index (χ3n) is 1.48. The zero-order valence-electron chi connectivity index (χ0n) is 7.39. The van der Waals surface area contributed by atoms with Crippen LogP contribution < -0.4 is 0 Å². The fourth-order valence-electron chi connectivity index (χ4n) is 0.826. The van der Waals surface area contributed by atoms with Gasteiger partial charge in [0.15, 0.2) is 10.8 Å². The molecule has 0 aliphatic carbocycles. The van der Waals surface area contributed by atoms with Crippen LogP contribution in [0.3, 0.4) is 0 Å². The average molecular weight is 247 g/mol. The molecule has 1 rings (SSSR count). The van der Waals surface area contributed by atoms with Crippen LogP contribution in [0, 0.1) is 0 Å². The van der Waals surface area contributed by atoms with Crippen LogP contribution in [-0.2, 0) is 0 Å². The van der Waals surface area contributed by atoms with E-state index in [-0.39, 0.29) is 6.07 Å². The lowest BCUT2D eigenvalue weighted by atomic mass is 10.3. The number of pyridine rings is 1. The zero-order valence-corrected chi connectivity index (χ0v) is 8.20. The van der Waals surface area contributed by atoms with Crippen LogP contribution in [0.25, 0.3) is 0 Å². The van der Waals surface area contributed by atoms with Gasteiger partial charge in [0.1, 0.15) is 5.69 Å². The Balaban J connectivity index is 3.43. The maximum atomic E-state index is 12.2. The summed E-state index contributed by atoms with van der Waals surface area (Å²) in [7, 11) is -9.78. The van der Waals surface area contributed by atoms with Gasteiger partial charge in [-0.15, -0.1) is 0 Å². The summed E-state index contributed by atoms with van der Waals surface area (Å²) in [5.74, 6) is -0.807. The molecule has 1 aromatic heterocycles. The molecule has 0 aliphatic rings. The molecular formula is C7H6F5NOS. The third-order valence-corrected chi connectivity index (χ3v) is 2.50. The summed E-state index contributed by atoms with van der Waals surface area (Å²) in [6.07, 6.45) is 0. The van der Waals surface area contributed by atoms with Crippen molar-refractivity contribution in [2.75, 3.05) is 0 Å². The number of hydrogen-bond acceptors (Lipinski definition) is 2. The van der Waals surface area contributed by atoms with Crippen LogP contribution in [-0.4, -0.2) is 10.8 Å². The minimum atomic E-state index is -9.78. The molecule has 0 saturated carbocycles. The molecule has 0 spiro atoms. The first kappa shape index (κ1) is 11.9. The number of hydrogen-bond donors (Lipinski definition) is 0. The van der Waals surface area contributed by atoms with E-state index in [2.05, 4.69) is 4.98 Å². The van der Waals surface area contributed by atoms with Crippen molar-refractivity contribution in [1.82, 2.24) is 4.98 Å². The summed E-state index contributed by atoms with van der Waals surface area (Å²) in [6.45, 7) is 0.942. The van der Waals surface area contributed by atoms with Gasteiger partial charge in [0.2, 0.25) is 0 Å². The molecule has 86 valence electrons. The number of Topliss-reactive ketones (excluding diaryl/α,β-unsaturated/α-hetero) is 1. The standard InChI is InChI=1S/C7H6F5NOS/c1-5(14)6-3-2-4-7(13-6)15(8,9,10,11)12/h2-4H,1H3. The van der Waals surface area contributed by atoms with Crippen LogP contribution in [0.4, 0.5) is 19.4 Å². The summed E-state index contributed by atoms with van der Waals surface area (Å²) < 4.78 is 61.1. The van der Waals surface area contributed by atoms with Gasteiger partial charge in [0.25, 0.3) is 0 Å². The first-order chi connectivity index (χ1) is 6.40. The van der Waals surface area contributed by atoms with Gasteiger partial charge in [0.05, 0.1) is 0 Å². The second-order valence-electron chi connectivity index (χ2n) is 2.89. The molecular weight excluding hydrogens is 241 g/mol. The summed E-state index contributed by atoms with van der Waals surface area (Å²) in [4.78, 5) is 13.3. The molecule has 2 nitrogen and oxygen atoms in total. The third kappa shape index (κ3) is 2.88. The molecule has 15 heavy (non-hydrogen) atoms. The van der Waals surface area contributed by atoms with Crippen molar-refractivity contribution in [2.45, 2.75) is 11.9 Å². The lowest BCUT2D eigenvalue weighted by Gasteiger charge is -2.39. The van der Waals surface area contributed by atoms with Crippen molar-refractivity contribution in [3.8, 4) is 0 Å². The number of nitrogens with zero attached hydrogens (tertiary/aromatic N) is 1. The lowest BCUT2D eigenvalue weighted by Crippen LogP contribution is -2.10. The van der Waals surface area contributed by atoms with Gasteiger partial charge in [-0.1, -0.05) is 25.5 Å². The highest BCUT2D eigenvalue weighted by Gasteiger charge is 2.67. The molecule has 0 radical (unpaired) electrons. The van der Waals surface area contributed by atoms with E-state index in [1.165, 1.54) is 0 Å². The summed E-state index contributed by atoms with van der Waals surface area (Å²) in [5, 5.41) is -2.29. The molecule has 0 unspecified atom stereocenters. The largest absolute Gasteiger partial charge is 0.325 e. The van der Waals surface area contributed by atoms with Gasteiger partial charge in [-0.25, -0.2) is 4.98 Å². The van der Waals surface area contributed by atoms with Gasteiger partial charge in [0, 0.05) is 6.92 Å². The minimum absolute atomic E-state index is 0.147. The fraction of sp³-hybridized carbons (Fsp3) is 0.143. The van der Waals surface area contributed by atoms with Crippen LogP contribution >= 0.6 is 10.2 Å². The van der Waals surface area contributed by atoms with Crippen molar-refractivity contribution < 1.29 is 24.2 Å². The van der Waals surface area contributed by atoms with Crippen LogP contribution in [0.15, 0.2) is 23.2 Å². The molecule has 0 bridgehead atoms. The second-order valence-corrected chi connectivity index (χ2v) is 5.24. The number of aromatic nitrogens is 1. The predicted molar refractivity (Wildman–Crippen MR) is 45.6 cm³/mol. The Hall–Kier alpha value is -1.18. The first-order valence-corrected chi connectivity index (χ1v) is 5.57. The maximum absolute atomic E-state index is 12.2. The summed E-state index contributed by atoms with van der Waals surface area (Å²) in [5.41, 5.74) is -0.638. The van der Waals surface area contributed by atoms with Crippen molar-refractivity contribution in [3.05, 3.63) is 23.9 Å². The van der Waals surface area contributed by atoms with Gasteiger partial charge in [-0.2, -0.15) is 0 Å². The smallest absolute Gasteiger partial charge is 0.293 e. The van der Waals surface area contributed by atoms with E-state index < -0.39 is 26.7 Å². The Bertz CT molecular complexity index is 426. The number of halogens is 5. The Labute approximate surface area is 81.8 Å². The van der Waals surface area contributed by atoms with Crippen molar-refractivity contribution in [2.24, 2.45) is 0 Å². The Kier molecular flexibility index (Phi) is 1.97. The monoisotopic (exact) mass is 247 g/mol. The number of ketones is 1. The Morgan fingerprint density at radius 3 is 2.13 bits per heavy atom. The molecule has 0 N–H and O–H groups in total. The van der Waals surface area contributed by atoms with E-state index in [1.54, 1.807) is 0 Å². The van der Waals surface area contributed by atoms with E-state index in [1.807, 2.05) is 0 Å². The quantitative estimate of drug-likeness (QED) is 0.585. The number of rotatable bonds is 2. The SMILES string of the molecule is CC(=O)c1cccc(S(F)(F)(F)(F)F)n1. The molecule has 8 heteroatoms. The lowest BCUT2D eigenvalue weighted by molar-refractivity contribution is 0.101. The average Bonchev–Trinajstić information content (AvgIpc) is 2.00. The molecule has 0 saturated heterocycles. The Morgan fingerprint density at radius 1 is 1.20 bits per heavy atom. The van der Waals surface area contributed by atoms with E-state index in [0.29, 0.717) is 0 Å². The fourth-order valence-corrected chi connectivity index (χ4v) is 1.43. The van der Waals surface area contributed by atoms with Crippen molar-refractivity contribution >= 4 is 16.0 Å². The van der Waals surface area contributed by atoms with Gasteiger partial charge < -0.3 is 0 Å². The first-order valence-electron chi connectivity index (χ1n) is 3.62. The van der Waals surface area contributed by atoms with E-state index in [4.69, 9.17) is 0 Å². The maximum Gasteiger partial charge on any atom is 0.325 e. The highest BCUT2D eigenvalue weighted by atomic mass is 32.5. The van der Waals surface area contributed by atoms with Crippen LogP contribution in [0.1, 0.15) is 17.4 Å². The molecule has 0 aliphatic heterocycles. The van der Waals surface area contributed by atoms with Gasteiger partial charge in [-0.05, 0) is 12.1 Å². The molecule has 0 aromatic carbocycles. The summed E-state index contributed by atoms with van der Waals surface area (Å²) >= 11 is 0. The molecule has 0 fully saturated rings. The van der Waals surface area contributed by atoms with Crippen LogP contribution in [0.5, 0.6) is 0 Å². The highest BCUT2D eigenvalue weighted by Crippen LogP contribution is 3.01. The van der Waals surface area contributed by atoms with E-state index in [9.17, 15) is 24.2 Å². The topological polar surface area (TPSA) is 30.0 Å². The molecule has 1 aromatic rings. The highest BCUT2D eigenvalue weighted by molar-refractivity contribution is 8.45. The van der Waals surface area contributed by atoms with E-state index >= 15 is 0 Å². The number of carbonyl (C=O) groups excluding carboxylic acids is 1. The summed E-state index contributed by atoms with van der Waals surface area (Å²) in [6, 6.07) is 1.81. The second kappa shape index (κ2) is 2.49. The van der Waals surface area contributed by atoms with Crippen molar-refractivity contribution in [1.29, 1.82) is 0 Å².